The van der Waals surface area contributed by atoms with Crippen molar-refractivity contribution in [1.82, 2.24) is 0 Å². The Morgan fingerprint density at radius 1 is 0.338 bits per heavy atom. The number of carbonyl (C=O) groups is 4. The maximum Gasteiger partial charge on any atom is 0.472 e. The third-order valence-electron chi connectivity index (χ3n) is 13.9. The average molecular weight is 1190 g/mol. The Kier molecular flexibility index (Phi) is 51.3. The van der Waals surface area contributed by atoms with Gasteiger partial charge < -0.3 is 33.8 Å². The Labute approximate surface area is 486 Å². The van der Waals surface area contributed by atoms with E-state index in [0.717, 1.165) is 109 Å². The van der Waals surface area contributed by atoms with E-state index < -0.39 is 97.5 Å². The third kappa shape index (κ3) is 55.3. The standard InChI is InChI=1S/C61H118O17P2/c1-8-9-10-25-35-42-58(63)71-48-56(77-61(66)45-38-31-24-18-21-28-34-41-54(6)7)50-75-79(67,68)73-46-55(62)47-74-80(69,70)76-51-57(49-72-59(64)43-36-29-23-17-20-27-33-40-53(4)5)78-60(65)44-37-30-22-16-14-12-11-13-15-19-26-32-39-52(2)3/h52-57,62H,8-51H2,1-7H3,(H,67,68)(H,69,70)/t55-,56+,57+/m0/s1. The van der Waals surface area contributed by atoms with Crippen LogP contribution < -0.4 is 0 Å². The zero-order valence-corrected chi connectivity index (χ0v) is 53.3. The first kappa shape index (κ1) is 78.1. The van der Waals surface area contributed by atoms with Gasteiger partial charge >= 0.3 is 39.5 Å². The zero-order chi connectivity index (χ0) is 59.5. The van der Waals surface area contributed by atoms with E-state index in [2.05, 4.69) is 48.5 Å². The third-order valence-corrected chi connectivity index (χ3v) is 15.8. The fourth-order valence-corrected chi connectivity index (χ4v) is 10.5. The summed E-state index contributed by atoms with van der Waals surface area (Å²) in [5.41, 5.74) is 0. The second kappa shape index (κ2) is 52.6. The first-order valence-corrected chi connectivity index (χ1v) is 34.8. The first-order valence-electron chi connectivity index (χ1n) is 31.8. The molecule has 0 spiro atoms. The van der Waals surface area contributed by atoms with E-state index in [1.54, 1.807) is 0 Å². The smallest absolute Gasteiger partial charge is 0.462 e. The number of hydrogen-bond acceptors (Lipinski definition) is 15. The van der Waals surface area contributed by atoms with E-state index in [0.29, 0.717) is 37.5 Å². The van der Waals surface area contributed by atoms with Gasteiger partial charge in [-0.15, -0.1) is 0 Å². The van der Waals surface area contributed by atoms with Gasteiger partial charge in [0.1, 0.15) is 19.3 Å². The topological polar surface area (TPSA) is 237 Å². The molecule has 0 rings (SSSR count). The Morgan fingerprint density at radius 3 is 0.850 bits per heavy atom. The molecule has 19 heteroatoms. The highest BCUT2D eigenvalue weighted by Crippen LogP contribution is 2.45. The zero-order valence-electron chi connectivity index (χ0n) is 51.5. The van der Waals surface area contributed by atoms with Crippen LogP contribution in [0, 0.1) is 17.8 Å². The molecule has 5 atom stereocenters. The van der Waals surface area contributed by atoms with Crippen molar-refractivity contribution in [3.63, 3.8) is 0 Å². The predicted molar refractivity (Wildman–Crippen MR) is 317 cm³/mol. The Hall–Kier alpha value is -1.94. The molecule has 80 heavy (non-hydrogen) atoms. The van der Waals surface area contributed by atoms with Crippen LogP contribution >= 0.6 is 15.6 Å². The highest BCUT2D eigenvalue weighted by molar-refractivity contribution is 7.47. The van der Waals surface area contributed by atoms with Crippen molar-refractivity contribution in [3.8, 4) is 0 Å². The summed E-state index contributed by atoms with van der Waals surface area (Å²) >= 11 is 0. The van der Waals surface area contributed by atoms with Crippen molar-refractivity contribution in [2.24, 2.45) is 17.8 Å². The summed E-state index contributed by atoms with van der Waals surface area (Å²) in [6.07, 6.45) is 32.6. The average Bonchev–Trinajstić information content (AvgIpc) is 3.40. The molecule has 474 valence electrons. The number of aliphatic hydroxyl groups excluding tert-OH is 1. The molecule has 0 saturated heterocycles. The second-order valence-corrected chi connectivity index (χ2v) is 26.4. The van der Waals surface area contributed by atoms with Crippen molar-refractivity contribution in [1.29, 1.82) is 0 Å². The molecule has 0 heterocycles. The van der Waals surface area contributed by atoms with E-state index in [1.807, 2.05) is 0 Å². The fourth-order valence-electron chi connectivity index (χ4n) is 8.95. The predicted octanol–water partition coefficient (Wildman–Crippen LogP) is 16.3. The van der Waals surface area contributed by atoms with E-state index >= 15 is 0 Å². The van der Waals surface area contributed by atoms with Gasteiger partial charge in [0.05, 0.1) is 26.4 Å². The Balaban J connectivity index is 5.18. The van der Waals surface area contributed by atoms with Crippen LogP contribution in [0.15, 0.2) is 0 Å². The number of ether oxygens (including phenoxy) is 4. The van der Waals surface area contributed by atoms with Gasteiger partial charge in [-0.3, -0.25) is 37.3 Å². The van der Waals surface area contributed by atoms with Gasteiger partial charge in [0, 0.05) is 25.7 Å². The molecule has 0 aromatic carbocycles. The number of aliphatic hydroxyl groups is 1. The van der Waals surface area contributed by atoms with Crippen LogP contribution in [-0.4, -0.2) is 96.7 Å². The molecule has 0 bridgehead atoms. The van der Waals surface area contributed by atoms with Crippen LogP contribution in [0.4, 0.5) is 0 Å². The fraction of sp³-hybridized carbons (Fsp3) is 0.934. The molecule has 0 aromatic heterocycles. The minimum atomic E-state index is -4.94. The number of carbonyl (C=O) groups excluding carboxylic acids is 4. The van der Waals surface area contributed by atoms with Crippen molar-refractivity contribution in [3.05, 3.63) is 0 Å². The molecule has 0 aliphatic heterocycles. The minimum Gasteiger partial charge on any atom is -0.462 e. The first-order chi connectivity index (χ1) is 38.2. The molecule has 3 N–H and O–H groups in total. The van der Waals surface area contributed by atoms with Gasteiger partial charge in [0.25, 0.3) is 0 Å². The maximum atomic E-state index is 12.9. The molecule has 0 aliphatic carbocycles. The highest BCUT2D eigenvalue weighted by Gasteiger charge is 2.30. The molecule has 0 amide bonds. The maximum absolute atomic E-state index is 12.9. The van der Waals surface area contributed by atoms with Crippen LogP contribution in [-0.2, 0) is 65.4 Å². The molecule has 0 radical (unpaired) electrons. The largest absolute Gasteiger partial charge is 0.472 e. The van der Waals surface area contributed by atoms with Gasteiger partial charge in [-0.25, -0.2) is 9.13 Å². The van der Waals surface area contributed by atoms with Crippen LogP contribution in [0.1, 0.15) is 292 Å². The Bertz CT molecular complexity index is 1600. The van der Waals surface area contributed by atoms with Crippen molar-refractivity contribution in [2.45, 2.75) is 311 Å². The summed E-state index contributed by atoms with van der Waals surface area (Å²) < 4.78 is 67.7. The van der Waals surface area contributed by atoms with Crippen molar-refractivity contribution in [2.75, 3.05) is 39.6 Å². The second-order valence-electron chi connectivity index (χ2n) is 23.5. The van der Waals surface area contributed by atoms with Crippen LogP contribution in [0.2, 0.25) is 0 Å². The van der Waals surface area contributed by atoms with Crippen LogP contribution in [0.3, 0.4) is 0 Å². The Morgan fingerprint density at radius 2 is 0.575 bits per heavy atom. The molecule has 17 nitrogen and oxygen atoms in total. The summed E-state index contributed by atoms with van der Waals surface area (Å²) in [6.45, 7) is 11.6. The van der Waals surface area contributed by atoms with E-state index in [-0.39, 0.29) is 25.7 Å². The lowest BCUT2D eigenvalue weighted by Crippen LogP contribution is -2.30. The summed E-state index contributed by atoms with van der Waals surface area (Å²) in [5, 5.41) is 10.5. The van der Waals surface area contributed by atoms with E-state index in [9.17, 15) is 43.2 Å². The molecule has 0 aliphatic rings. The summed E-state index contributed by atoms with van der Waals surface area (Å²) in [6, 6.07) is 0. The van der Waals surface area contributed by atoms with Crippen LogP contribution in [0.5, 0.6) is 0 Å². The highest BCUT2D eigenvalue weighted by atomic mass is 31.2. The molecular formula is C61H118O17P2. The molecule has 0 aromatic rings. The lowest BCUT2D eigenvalue weighted by molar-refractivity contribution is -0.161. The minimum absolute atomic E-state index is 0.102. The summed E-state index contributed by atoms with van der Waals surface area (Å²) in [7, 11) is -9.87. The van der Waals surface area contributed by atoms with E-state index in [1.165, 1.54) is 89.9 Å². The lowest BCUT2D eigenvalue weighted by Gasteiger charge is -2.21. The number of rotatable bonds is 59. The molecule has 0 saturated carbocycles. The van der Waals surface area contributed by atoms with Gasteiger partial charge in [0.2, 0.25) is 0 Å². The number of phosphoric ester groups is 2. The molecular weight excluding hydrogens is 1070 g/mol. The van der Waals surface area contributed by atoms with Crippen molar-refractivity contribution < 1.29 is 80.2 Å². The number of phosphoric acid groups is 2. The lowest BCUT2D eigenvalue weighted by atomic mass is 10.0. The van der Waals surface area contributed by atoms with E-state index in [4.69, 9.17) is 37.0 Å². The SMILES string of the molecule is CCCCCCCC(=O)OC[C@H](COP(=O)(O)OC[C@H](O)COP(=O)(O)OC[C@@H](COC(=O)CCCCCCCCCC(C)C)OC(=O)CCCCCCCCCCCCCCC(C)C)OC(=O)CCCCCCCCCC(C)C. The summed E-state index contributed by atoms with van der Waals surface area (Å²) in [5.74, 6) is 0.0248. The quantitative estimate of drug-likeness (QED) is 0.0222. The molecule has 2 unspecified atom stereocenters. The van der Waals surface area contributed by atoms with Gasteiger partial charge in [-0.05, 0) is 43.4 Å². The number of unbranched alkanes of at least 4 members (excludes halogenated alkanes) is 27. The monoisotopic (exact) mass is 1180 g/mol. The summed E-state index contributed by atoms with van der Waals surface area (Å²) in [4.78, 5) is 71.8. The number of hydrogen-bond donors (Lipinski definition) is 3. The molecule has 0 fully saturated rings. The van der Waals surface area contributed by atoms with Gasteiger partial charge in [-0.1, -0.05) is 241 Å². The van der Waals surface area contributed by atoms with Crippen molar-refractivity contribution >= 4 is 39.5 Å². The number of esters is 4. The van der Waals surface area contributed by atoms with Gasteiger partial charge in [0.15, 0.2) is 12.2 Å². The van der Waals surface area contributed by atoms with Gasteiger partial charge in [-0.2, -0.15) is 0 Å². The normalized spacial score (nSPS) is 14.5. The van der Waals surface area contributed by atoms with Crippen LogP contribution in [0.25, 0.3) is 0 Å².